The van der Waals surface area contributed by atoms with Gasteiger partial charge in [0.1, 0.15) is 0 Å². The third kappa shape index (κ3) is 3.70. The highest BCUT2D eigenvalue weighted by Crippen LogP contribution is 2.50. The molecule has 0 aliphatic carbocycles. The molecule has 0 nitrogen and oxygen atoms in total. The van der Waals surface area contributed by atoms with Gasteiger partial charge in [-0.2, -0.15) is 0 Å². The third-order valence-corrected chi connectivity index (χ3v) is 12.6. The second-order valence-corrected chi connectivity index (χ2v) is 14.9. The molecule has 0 unspecified atom stereocenters. The van der Waals surface area contributed by atoms with E-state index in [1.165, 1.54) is 106 Å². The van der Waals surface area contributed by atoms with Crippen LogP contribution in [0.3, 0.4) is 0 Å². The van der Waals surface area contributed by atoms with Crippen molar-refractivity contribution < 1.29 is 0 Å². The Labute approximate surface area is 284 Å². The van der Waals surface area contributed by atoms with Gasteiger partial charge in [-0.15, -0.1) is 22.7 Å². The quantitative estimate of drug-likeness (QED) is 0.165. The van der Waals surface area contributed by atoms with Gasteiger partial charge in [0.25, 0.3) is 0 Å². The van der Waals surface area contributed by atoms with Crippen molar-refractivity contribution in [2.24, 2.45) is 0 Å². The topological polar surface area (TPSA) is 0 Å². The Morgan fingerprint density at radius 2 is 0.646 bits per heavy atom. The Morgan fingerprint density at radius 1 is 0.250 bits per heavy atom. The van der Waals surface area contributed by atoms with E-state index in [2.05, 4.69) is 158 Å². The molecule has 11 aromatic rings. The molecule has 2 heterocycles. The second kappa shape index (κ2) is 9.98. The van der Waals surface area contributed by atoms with Crippen LogP contribution in [0.2, 0.25) is 0 Å². The van der Waals surface area contributed by atoms with E-state index in [9.17, 15) is 0 Å². The number of thiophene rings is 2. The molecule has 222 valence electrons. The van der Waals surface area contributed by atoms with Crippen LogP contribution in [0.5, 0.6) is 0 Å². The van der Waals surface area contributed by atoms with E-state index in [-0.39, 0.29) is 0 Å². The number of hydrogen-bond donors (Lipinski definition) is 0. The summed E-state index contributed by atoms with van der Waals surface area (Å²) in [6.07, 6.45) is 0. The van der Waals surface area contributed by atoms with Gasteiger partial charge in [-0.05, 0) is 78.8 Å². The number of hydrogen-bond acceptors (Lipinski definition) is 2. The fourth-order valence-electron chi connectivity index (χ4n) is 8.02. The summed E-state index contributed by atoms with van der Waals surface area (Å²) < 4.78 is 5.46. The molecule has 0 saturated heterocycles. The normalized spacial score (nSPS) is 12.2. The standard InChI is InChI=1S/C46H26S2/c1-3-11-27(12-4-1)29-19-21-33-37(23-29)31-15-7-9-17-35(31)45-43(33)39-25-42-40(26-41(39)47-45)44-34-22-20-30(28-13-5-2-6-14-28)24-38(34)32-16-8-10-18-36(32)46(44)48-42/h1-26H. The summed E-state index contributed by atoms with van der Waals surface area (Å²) in [5, 5.41) is 16.1. The van der Waals surface area contributed by atoms with Crippen LogP contribution in [-0.4, -0.2) is 0 Å². The number of benzene rings is 9. The average molecular weight is 643 g/mol. The molecule has 0 radical (unpaired) electrons. The summed E-state index contributed by atoms with van der Waals surface area (Å²) in [6, 6.07) is 58.5. The summed E-state index contributed by atoms with van der Waals surface area (Å²) in [6.45, 7) is 0. The molecule has 11 rings (SSSR count). The van der Waals surface area contributed by atoms with E-state index < -0.39 is 0 Å². The minimum Gasteiger partial charge on any atom is -0.134 e. The predicted octanol–water partition coefficient (Wildman–Crippen LogP) is 14.4. The van der Waals surface area contributed by atoms with Crippen LogP contribution in [0.25, 0.3) is 106 Å². The van der Waals surface area contributed by atoms with Crippen molar-refractivity contribution in [2.75, 3.05) is 0 Å². The first-order valence-electron chi connectivity index (χ1n) is 16.4. The first-order valence-corrected chi connectivity index (χ1v) is 18.1. The van der Waals surface area contributed by atoms with Crippen molar-refractivity contribution >= 4 is 106 Å². The zero-order valence-electron chi connectivity index (χ0n) is 25.8. The summed E-state index contributed by atoms with van der Waals surface area (Å²) in [7, 11) is 0. The third-order valence-electron chi connectivity index (χ3n) is 10.2. The van der Waals surface area contributed by atoms with Crippen molar-refractivity contribution in [3.8, 4) is 22.3 Å². The molecule has 0 spiro atoms. The maximum atomic E-state index is 2.49. The first kappa shape index (κ1) is 26.5. The van der Waals surface area contributed by atoms with E-state index in [0.717, 1.165) is 0 Å². The van der Waals surface area contributed by atoms with Gasteiger partial charge in [-0.25, -0.2) is 0 Å². The minimum atomic E-state index is 1.25. The lowest BCUT2D eigenvalue weighted by Gasteiger charge is -2.10. The maximum absolute atomic E-state index is 2.49. The van der Waals surface area contributed by atoms with Gasteiger partial charge in [0, 0.05) is 51.1 Å². The zero-order chi connectivity index (χ0) is 31.3. The smallest absolute Gasteiger partial charge is 0.0440 e. The molecule has 0 amide bonds. The molecule has 0 atom stereocenters. The van der Waals surface area contributed by atoms with Crippen LogP contribution in [-0.2, 0) is 0 Å². The molecule has 2 aromatic heterocycles. The highest BCUT2D eigenvalue weighted by molar-refractivity contribution is 7.28. The number of rotatable bonds is 2. The molecule has 0 saturated carbocycles. The van der Waals surface area contributed by atoms with Gasteiger partial charge in [-0.3, -0.25) is 0 Å². The Morgan fingerprint density at radius 3 is 1.08 bits per heavy atom. The lowest BCUT2D eigenvalue weighted by atomic mass is 9.93. The van der Waals surface area contributed by atoms with Crippen LogP contribution < -0.4 is 0 Å². The lowest BCUT2D eigenvalue weighted by molar-refractivity contribution is 1.65. The fourth-order valence-corrected chi connectivity index (χ4v) is 10.6. The van der Waals surface area contributed by atoms with Crippen molar-refractivity contribution in [2.45, 2.75) is 0 Å². The molecule has 0 aliphatic heterocycles. The van der Waals surface area contributed by atoms with Crippen LogP contribution in [0.1, 0.15) is 0 Å². The van der Waals surface area contributed by atoms with E-state index in [0.29, 0.717) is 0 Å². The molecule has 9 aromatic carbocycles. The summed E-state index contributed by atoms with van der Waals surface area (Å²) >= 11 is 3.89. The van der Waals surface area contributed by atoms with Gasteiger partial charge in [-0.1, -0.05) is 133 Å². The first-order chi connectivity index (χ1) is 23.8. The summed E-state index contributed by atoms with van der Waals surface area (Å²) in [5.74, 6) is 0. The average Bonchev–Trinajstić information content (AvgIpc) is 3.73. The minimum absolute atomic E-state index is 1.25. The predicted molar refractivity (Wildman–Crippen MR) is 213 cm³/mol. The Bertz CT molecular complexity index is 2880. The highest BCUT2D eigenvalue weighted by Gasteiger charge is 2.19. The van der Waals surface area contributed by atoms with Gasteiger partial charge < -0.3 is 0 Å². The van der Waals surface area contributed by atoms with E-state index >= 15 is 0 Å². The Balaban J connectivity index is 1.25. The van der Waals surface area contributed by atoms with Gasteiger partial charge in [0.05, 0.1) is 0 Å². The Hall–Kier alpha value is -5.54. The fraction of sp³-hybridized carbons (Fsp3) is 0. The molecular formula is C46H26S2. The second-order valence-electron chi connectivity index (χ2n) is 12.8. The van der Waals surface area contributed by atoms with Crippen molar-refractivity contribution in [3.63, 3.8) is 0 Å². The van der Waals surface area contributed by atoms with Crippen molar-refractivity contribution in [3.05, 3.63) is 158 Å². The molecule has 0 aliphatic rings. The molecule has 0 N–H and O–H groups in total. The zero-order valence-corrected chi connectivity index (χ0v) is 27.5. The van der Waals surface area contributed by atoms with Crippen molar-refractivity contribution in [1.29, 1.82) is 0 Å². The molecule has 2 heteroatoms. The maximum Gasteiger partial charge on any atom is 0.0440 e. The highest BCUT2D eigenvalue weighted by atomic mass is 32.1. The van der Waals surface area contributed by atoms with Gasteiger partial charge >= 0.3 is 0 Å². The lowest BCUT2D eigenvalue weighted by Crippen LogP contribution is -1.83. The van der Waals surface area contributed by atoms with E-state index in [4.69, 9.17) is 0 Å². The van der Waals surface area contributed by atoms with Crippen molar-refractivity contribution in [1.82, 2.24) is 0 Å². The summed E-state index contributed by atoms with van der Waals surface area (Å²) in [4.78, 5) is 0. The molecule has 0 fully saturated rings. The van der Waals surface area contributed by atoms with Crippen LogP contribution in [0.15, 0.2) is 158 Å². The SMILES string of the molecule is c1ccc(-c2ccc3c(c2)c2ccccc2c2sc4cc5c(cc4c32)sc2c3ccccc3c3cc(-c4ccccc4)ccc3c52)cc1. The van der Waals surface area contributed by atoms with E-state index in [1.807, 2.05) is 22.7 Å². The molecule has 0 bridgehead atoms. The van der Waals surface area contributed by atoms with E-state index in [1.54, 1.807) is 0 Å². The van der Waals surface area contributed by atoms with Gasteiger partial charge in [0.2, 0.25) is 0 Å². The molecular weight excluding hydrogens is 617 g/mol. The summed E-state index contributed by atoms with van der Waals surface area (Å²) in [5.41, 5.74) is 5.02. The molecule has 48 heavy (non-hydrogen) atoms. The Kier molecular flexibility index (Phi) is 5.51. The van der Waals surface area contributed by atoms with Crippen LogP contribution in [0.4, 0.5) is 0 Å². The van der Waals surface area contributed by atoms with Gasteiger partial charge in [0.15, 0.2) is 0 Å². The number of fused-ring (bicyclic) bond motifs is 16. The monoisotopic (exact) mass is 642 g/mol. The van der Waals surface area contributed by atoms with Crippen LogP contribution >= 0.6 is 22.7 Å². The van der Waals surface area contributed by atoms with Crippen LogP contribution in [0, 0.1) is 0 Å². The largest absolute Gasteiger partial charge is 0.134 e.